The lowest BCUT2D eigenvalue weighted by atomic mass is 10.1. The summed E-state index contributed by atoms with van der Waals surface area (Å²) in [6, 6.07) is 7.72. The van der Waals surface area contributed by atoms with Gasteiger partial charge in [-0.25, -0.2) is 4.98 Å². The van der Waals surface area contributed by atoms with Crippen molar-refractivity contribution in [1.29, 1.82) is 0 Å². The number of carbonyl (C=O) groups is 2. The fourth-order valence-electron chi connectivity index (χ4n) is 5.75. The Morgan fingerprint density at radius 1 is 1.22 bits per heavy atom. The van der Waals surface area contributed by atoms with E-state index in [-0.39, 0.29) is 17.9 Å². The first kappa shape index (κ1) is 27.4. The fraction of sp³-hybridized carbons (Fsp3) is 0.448. The molecule has 0 bridgehead atoms. The van der Waals surface area contributed by atoms with Crippen LogP contribution in [0, 0.1) is 0 Å². The summed E-state index contributed by atoms with van der Waals surface area (Å²) >= 11 is 1.66. The molecule has 1 saturated heterocycles. The molecule has 3 aliphatic heterocycles. The molecule has 2 aromatic heterocycles. The van der Waals surface area contributed by atoms with Crippen LogP contribution in [-0.4, -0.2) is 86.3 Å². The number of likely N-dealkylation sites (N-methyl/N-ethyl adjacent to an activating group) is 1. The Kier molecular flexibility index (Phi) is 7.78. The number of morpholine rings is 1. The number of aromatic nitrogens is 2. The first-order valence-corrected chi connectivity index (χ1v) is 14.9. The van der Waals surface area contributed by atoms with Gasteiger partial charge in [-0.05, 0) is 35.9 Å². The van der Waals surface area contributed by atoms with Crippen LogP contribution in [0.4, 0.5) is 28.8 Å². The van der Waals surface area contributed by atoms with Crippen LogP contribution in [0.25, 0.3) is 0 Å². The topological polar surface area (TPSA) is 103 Å². The van der Waals surface area contributed by atoms with E-state index in [4.69, 9.17) is 14.5 Å². The maximum absolute atomic E-state index is 13.2. The molecule has 1 N–H and O–H groups in total. The van der Waals surface area contributed by atoms with Gasteiger partial charge in [0.25, 0.3) is 0 Å². The minimum atomic E-state index is -0.312. The second-order valence-electron chi connectivity index (χ2n) is 10.4. The molecule has 1 aromatic carbocycles. The maximum Gasteiger partial charge on any atom is 0.249 e. The Hall–Kier alpha value is -3.74. The number of anilines is 5. The van der Waals surface area contributed by atoms with Crippen LogP contribution in [0.2, 0.25) is 0 Å². The molecule has 0 saturated carbocycles. The van der Waals surface area contributed by atoms with Crippen molar-refractivity contribution < 1.29 is 19.1 Å². The Morgan fingerprint density at radius 3 is 2.78 bits per heavy atom. The summed E-state index contributed by atoms with van der Waals surface area (Å²) in [5, 5.41) is 5.39. The number of amides is 2. The van der Waals surface area contributed by atoms with E-state index >= 15 is 0 Å². The van der Waals surface area contributed by atoms with Crippen molar-refractivity contribution in [3.63, 3.8) is 0 Å². The summed E-state index contributed by atoms with van der Waals surface area (Å²) in [4.78, 5) is 44.7. The molecule has 12 heteroatoms. The Labute approximate surface area is 243 Å². The molecule has 0 radical (unpaired) electrons. The van der Waals surface area contributed by atoms with Gasteiger partial charge in [0, 0.05) is 37.6 Å². The lowest BCUT2D eigenvalue weighted by molar-refractivity contribution is -0.121. The molecule has 216 valence electrons. The molecule has 0 aliphatic carbocycles. The van der Waals surface area contributed by atoms with Crippen LogP contribution < -0.4 is 24.8 Å². The predicted molar refractivity (Wildman–Crippen MR) is 160 cm³/mol. The molecule has 5 heterocycles. The van der Waals surface area contributed by atoms with Gasteiger partial charge in [-0.15, -0.1) is 11.3 Å². The van der Waals surface area contributed by atoms with E-state index in [1.807, 2.05) is 35.4 Å². The number of nitrogens with zero attached hydrogens (tertiary/aromatic N) is 6. The third-order valence-corrected chi connectivity index (χ3v) is 8.84. The summed E-state index contributed by atoms with van der Waals surface area (Å²) in [7, 11) is 3.39. The zero-order valence-electron chi connectivity index (χ0n) is 23.6. The summed E-state index contributed by atoms with van der Waals surface area (Å²) in [5.74, 6) is 1.85. The minimum absolute atomic E-state index is 0.0360. The third kappa shape index (κ3) is 5.34. The molecular formula is C29H35N7O4S. The Balaban J connectivity index is 1.27. The Bertz CT molecular complexity index is 1430. The van der Waals surface area contributed by atoms with Gasteiger partial charge in [0.1, 0.15) is 17.5 Å². The number of ether oxygens (including phenoxy) is 2. The van der Waals surface area contributed by atoms with Gasteiger partial charge in [0.15, 0.2) is 5.82 Å². The lowest BCUT2D eigenvalue weighted by Crippen LogP contribution is -2.52. The standard InChI is InChI=1S/C29H35N7O4S/c1-4-22-28(38)33(2)24-16-30-29(32-27(24)36(22)17-20-6-5-13-41-20)31-21-14-19-7-8-35(23(19)15-25(21)39-3)26(37)18-34-9-11-40-12-10-34/h5-6,13-16,22H,4,7-12,17-18H2,1-3H3,(H,30,31,32)/t22-/m1/s1. The largest absolute Gasteiger partial charge is 0.494 e. The van der Waals surface area contributed by atoms with Gasteiger partial charge in [-0.1, -0.05) is 13.0 Å². The SMILES string of the molecule is CC[C@@H]1C(=O)N(C)c2cnc(Nc3cc4c(cc3OC)N(C(=O)CN3CCOCC3)CC4)nc2N1Cc1cccs1. The van der Waals surface area contributed by atoms with Crippen LogP contribution in [0.15, 0.2) is 35.8 Å². The van der Waals surface area contributed by atoms with Crippen molar-refractivity contribution >= 4 is 52.0 Å². The van der Waals surface area contributed by atoms with Gasteiger partial charge in [0.2, 0.25) is 17.8 Å². The van der Waals surface area contributed by atoms with Crippen molar-refractivity contribution in [1.82, 2.24) is 14.9 Å². The van der Waals surface area contributed by atoms with E-state index in [0.29, 0.717) is 62.5 Å². The van der Waals surface area contributed by atoms with Crippen molar-refractivity contribution in [2.75, 3.05) is 73.6 Å². The summed E-state index contributed by atoms with van der Waals surface area (Å²) < 4.78 is 11.2. The van der Waals surface area contributed by atoms with Gasteiger partial charge in [-0.2, -0.15) is 4.98 Å². The number of hydrogen-bond donors (Lipinski definition) is 1. The first-order chi connectivity index (χ1) is 20.0. The smallest absolute Gasteiger partial charge is 0.249 e. The molecule has 3 aliphatic rings. The van der Waals surface area contributed by atoms with Gasteiger partial charge in [0.05, 0.1) is 51.0 Å². The second kappa shape index (κ2) is 11.6. The minimum Gasteiger partial charge on any atom is -0.494 e. The number of thiophene rings is 1. The molecule has 11 nitrogen and oxygen atoms in total. The molecule has 3 aromatic rings. The van der Waals surface area contributed by atoms with Crippen LogP contribution in [-0.2, 0) is 27.3 Å². The van der Waals surface area contributed by atoms with Crippen molar-refractivity contribution in [2.45, 2.75) is 32.4 Å². The van der Waals surface area contributed by atoms with Crippen molar-refractivity contribution in [2.24, 2.45) is 0 Å². The summed E-state index contributed by atoms with van der Waals surface area (Å²) in [6.45, 7) is 6.50. The van der Waals surface area contributed by atoms with E-state index in [9.17, 15) is 9.59 Å². The summed E-state index contributed by atoms with van der Waals surface area (Å²) in [6.07, 6.45) is 3.12. The van der Waals surface area contributed by atoms with Crippen LogP contribution >= 0.6 is 11.3 Å². The predicted octanol–water partition coefficient (Wildman–Crippen LogP) is 3.27. The molecule has 1 atom stereocenters. The summed E-state index contributed by atoms with van der Waals surface area (Å²) in [5.41, 5.74) is 3.35. The van der Waals surface area contributed by atoms with E-state index in [2.05, 4.69) is 26.2 Å². The number of carbonyl (C=O) groups excluding carboxylic acids is 2. The van der Waals surface area contributed by atoms with Crippen LogP contribution in [0.5, 0.6) is 5.75 Å². The highest BCUT2D eigenvalue weighted by molar-refractivity contribution is 7.09. The van der Waals surface area contributed by atoms with Gasteiger partial charge in [-0.3, -0.25) is 14.5 Å². The number of nitrogens with one attached hydrogen (secondary N) is 1. The lowest BCUT2D eigenvalue weighted by Gasteiger charge is -2.40. The average Bonchev–Trinajstić information content (AvgIpc) is 3.66. The molecule has 0 unspecified atom stereocenters. The number of benzene rings is 1. The monoisotopic (exact) mass is 577 g/mol. The first-order valence-electron chi connectivity index (χ1n) is 14.0. The third-order valence-electron chi connectivity index (χ3n) is 7.97. The van der Waals surface area contributed by atoms with Crippen LogP contribution in [0.3, 0.4) is 0 Å². The molecule has 6 rings (SSSR count). The highest BCUT2D eigenvalue weighted by Crippen LogP contribution is 2.40. The van der Waals surface area contributed by atoms with E-state index in [1.165, 1.54) is 0 Å². The number of methoxy groups -OCH3 is 1. The van der Waals surface area contributed by atoms with E-state index in [1.54, 1.807) is 36.6 Å². The molecule has 0 spiro atoms. The fourth-order valence-corrected chi connectivity index (χ4v) is 6.45. The highest BCUT2D eigenvalue weighted by Gasteiger charge is 2.37. The van der Waals surface area contributed by atoms with E-state index in [0.717, 1.165) is 41.3 Å². The maximum atomic E-state index is 13.2. The number of fused-ring (bicyclic) bond motifs is 2. The van der Waals surface area contributed by atoms with Crippen molar-refractivity contribution in [3.05, 3.63) is 46.3 Å². The molecule has 1 fully saturated rings. The average molecular weight is 578 g/mol. The number of hydrogen-bond acceptors (Lipinski definition) is 10. The highest BCUT2D eigenvalue weighted by atomic mass is 32.1. The van der Waals surface area contributed by atoms with Gasteiger partial charge >= 0.3 is 0 Å². The molecular weight excluding hydrogens is 542 g/mol. The van der Waals surface area contributed by atoms with Gasteiger partial charge < -0.3 is 29.5 Å². The second-order valence-corrected chi connectivity index (χ2v) is 11.5. The molecule has 2 amide bonds. The van der Waals surface area contributed by atoms with Crippen molar-refractivity contribution in [3.8, 4) is 5.75 Å². The zero-order valence-corrected chi connectivity index (χ0v) is 24.4. The zero-order chi connectivity index (χ0) is 28.5. The quantitative estimate of drug-likeness (QED) is 0.432. The normalized spacial score (nSPS) is 18.9. The molecule has 41 heavy (non-hydrogen) atoms. The number of rotatable bonds is 8. The van der Waals surface area contributed by atoms with Crippen LogP contribution in [0.1, 0.15) is 23.8 Å². The Morgan fingerprint density at radius 2 is 2.05 bits per heavy atom. The van der Waals surface area contributed by atoms with E-state index < -0.39 is 0 Å².